The number of rotatable bonds is 10. The van der Waals surface area contributed by atoms with Crippen molar-refractivity contribution in [2.45, 2.75) is 83.1 Å². The highest BCUT2D eigenvalue weighted by Gasteiger charge is 2.42. The Bertz CT molecular complexity index is 958. The van der Waals surface area contributed by atoms with Gasteiger partial charge < -0.3 is 15.0 Å². The molecule has 0 aromatic heterocycles. The number of carbonyl (C=O) groups is 2. The lowest BCUT2D eigenvalue weighted by atomic mass is 9.77. The van der Waals surface area contributed by atoms with Crippen LogP contribution in [0.25, 0.3) is 11.1 Å². The Morgan fingerprint density at radius 2 is 1.62 bits per heavy atom. The molecule has 1 saturated heterocycles. The molecule has 1 saturated carbocycles. The molecule has 0 spiro atoms. The van der Waals surface area contributed by atoms with Gasteiger partial charge in [0.2, 0.25) is 5.91 Å². The van der Waals surface area contributed by atoms with Crippen molar-refractivity contribution < 1.29 is 9.59 Å². The van der Waals surface area contributed by atoms with Crippen LogP contribution in [0.3, 0.4) is 0 Å². The number of carbonyl (C=O) groups excluding carboxylic acids is 2. The van der Waals surface area contributed by atoms with Crippen LogP contribution in [0.15, 0.2) is 48.5 Å². The van der Waals surface area contributed by atoms with Crippen molar-refractivity contribution >= 4 is 11.7 Å². The van der Waals surface area contributed by atoms with Gasteiger partial charge in [-0.3, -0.25) is 4.79 Å². The lowest BCUT2D eigenvalue weighted by Crippen LogP contribution is -2.43. The summed E-state index contributed by atoms with van der Waals surface area (Å²) in [6, 6.07) is 18.3. The Labute approximate surface area is 205 Å². The highest BCUT2D eigenvalue weighted by atomic mass is 16.2. The largest absolute Gasteiger partial charge is 0.355 e. The van der Waals surface area contributed by atoms with Gasteiger partial charge in [-0.15, -0.1) is 0 Å². The third kappa shape index (κ3) is 5.78. The van der Waals surface area contributed by atoms with Crippen LogP contribution < -0.4 is 5.32 Å². The normalized spacial score (nSPS) is 19.9. The Balaban J connectivity index is 1.39. The molecule has 2 aromatic carbocycles. The molecule has 4 rings (SSSR count). The first-order chi connectivity index (χ1) is 16.5. The summed E-state index contributed by atoms with van der Waals surface area (Å²) in [7, 11) is 0. The zero-order valence-electron chi connectivity index (χ0n) is 20.9. The van der Waals surface area contributed by atoms with Gasteiger partial charge in [0, 0.05) is 25.6 Å². The van der Waals surface area contributed by atoms with E-state index in [0.29, 0.717) is 19.4 Å². The highest BCUT2D eigenvalue weighted by Crippen LogP contribution is 2.42. The van der Waals surface area contributed by atoms with Crippen LogP contribution in [0.1, 0.15) is 76.3 Å². The summed E-state index contributed by atoms with van der Waals surface area (Å²) in [4.78, 5) is 27.0. The summed E-state index contributed by atoms with van der Waals surface area (Å²) in [6.07, 6.45) is 8.97. The summed E-state index contributed by atoms with van der Waals surface area (Å²) in [5.74, 6) is 0.299. The van der Waals surface area contributed by atoms with E-state index < -0.39 is 5.41 Å². The van der Waals surface area contributed by atoms with Gasteiger partial charge in [0.1, 0.15) is 5.78 Å². The Morgan fingerprint density at radius 3 is 2.21 bits per heavy atom. The van der Waals surface area contributed by atoms with Gasteiger partial charge in [0.25, 0.3) is 0 Å². The molecule has 34 heavy (non-hydrogen) atoms. The van der Waals surface area contributed by atoms with E-state index in [1.54, 1.807) is 6.92 Å². The maximum Gasteiger partial charge on any atom is 0.230 e. The second-order valence-corrected chi connectivity index (χ2v) is 10.4. The third-order valence-corrected chi connectivity index (χ3v) is 7.99. The topological polar surface area (TPSA) is 49.4 Å². The number of ketones is 1. The molecule has 0 bridgehead atoms. The highest BCUT2D eigenvalue weighted by molar-refractivity contribution is 5.89. The van der Waals surface area contributed by atoms with Crippen molar-refractivity contribution in [3.8, 4) is 11.1 Å². The summed E-state index contributed by atoms with van der Waals surface area (Å²) < 4.78 is 0. The van der Waals surface area contributed by atoms with Crippen molar-refractivity contribution in [3.05, 3.63) is 59.7 Å². The van der Waals surface area contributed by atoms with Crippen LogP contribution >= 0.6 is 0 Å². The standard InChI is InChI=1S/C30H40N2O2/c1-23-7-6-21-32(23)22-17-25-9-11-26(12-10-25)27-13-15-28(16-14-27)30(18-3-4-19-30)29(34)31-20-5-8-24(2)33/h9-16,23H,3-8,17-22H2,1-2H3,(H,31,34)/t23-/m1/s1. The number of nitrogens with one attached hydrogen (secondary N) is 1. The molecule has 2 aliphatic rings. The minimum absolute atomic E-state index is 0.123. The molecule has 1 aliphatic carbocycles. The summed E-state index contributed by atoms with van der Waals surface area (Å²) >= 11 is 0. The quantitative estimate of drug-likeness (QED) is 0.464. The average molecular weight is 461 g/mol. The molecular weight excluding hydrogens is 420 g/mol. The van der Waals surface area contributed by atoms with Crippen molar-refractivity contribution in [1.29, 1.82) is 0 Å². The number of nitrogens with zero attached hydrogens (tertiary/aromatic N) is 1. The summed E-state index contributed by atoms with van der Waals surface area (Å²) in [5.41, 5.74) is 4.50. The molecule has 0 unspecified atom stereocenters. The number of hydrogen-bond acceptors (Lipinski definition) is 3. The van der Waals surface area contributed by atoms with E-state index in [1.165, 1.54) is 36.1 Å². The molecule has 2 aromatic rings. The van der Waals surface area contributed by atoms with E-state index in [2.05, 4.69) is 65.7 Å². The van der Waals surface area contributed by atoms with Gasteiger partial charge in [0.15, 0.2) is 0 Å². The number of likely N-dealkylation sites (tertiary alicyclic amines) is 1. The van der Waals surface area contributed by atoms with Crippen LogP contribution in [-0.2, 0) is 21.4 Å². The van der Waals surface area contributed by atoms with Crippen molar-refractivity contribution in [2.75, 3.05) is 19.6 Å². The fraction of sp³-hybridized carbons (Fsp3) is 0.533. The van der Waals surface area contributed by atoms with Gasteiger partial charge >= 0.3 is 0 Å². The van der Waals surface area contributed by atoms with Crippen LogP contribution in [0.2, 0.25) is 0 Å². The van der Waals surface area contributed by atoms with E-state index in [0.717, 1.165) is 50.3 Å². The number of benzene rings is 2. The van der Waals surface area contributed by atoms with E-state index in [4.69, 9.17) is 0 Å². The minimum Gasteiger partial charge on any atom is -0.355 e. The zero-order chi connectivity index (χ0) is 24.0. The lowest BCUT2D eigenvalue weighted by Gasteiger charge is -2.28. The molecular formula is C30H40N2O2. The van der Waals surface area contributed by atoms with Gasteiger partial charge in [-0.05, 0) is 81.2 Å². The predicted octanol–water partition coefficient (Wildman–Crippen LogP) is 5.68. The lowest BCUT2D eigenvalue weighted by molar-refractivity contribution is -0.127. The first kappa shape index (κ1) is 24.7. The Kier molecular flexibility index (Phi) is 8.20. The molecule has 1 aliphatic heterocycles. The van der Waals surface area contributed by atoms with Gasteiger partial charge in [0.05, 0.1) is 5.41 Å². The average Bonchev–Trinajstić information content (AvgIpc) is 3.51. The smallest absolute Gasteiger partial charge is 0.230 e. The van der Waals surface area contributed by atoms with Crippen LogP contribution in [0, 0.1) is 0 Å². The molecule has 4 heteroatoms. The molecule has 0 radical (unpaired) electrons. The number of Topliss-reactive ketones (excluding diaryl/α,β-unsaturated/α-hetero) is 1. The second kappa shape index (κ2) is 11.3. The van der Waals surface area contributed by atoms with Crippen LogP contribution in [-0.4, -0.2) is 42.3 Å². The van der Waals surface area contributed by atoms with Gasteiger partial charge in [-0.2, -0.15) is 0 Å². The van der Waals surface area contributed by atoms with E-state index in [-0.39, 0.29) is 11.7 Å². The maximum atomic E-state index is 13.2. The van der Waals surface area contributed by atoms with Crippen molar-refractivity contribution in [1.82, 2.24) is 10.2 Å². The molecule has 1 heterocycles. The van der Waals surface area contributed by atoms with E-state index in [1.807, 2.05) is 0 Å². The van der Waals surface area contributed by atoms with Gasteiger partial charge in [-0.1, -0.05) is 61.4 Å². The number of amides is 1. The summed E-state index contributed by atoms with van der Waals surface area (Å²) in [5, 5.41) is 3.11. The van der Waals surface area contributed by atoms with E-state index >= 15 is 0 Å². The minimum atomic E-state index is -0.425. The zero-order valence-corrected chi connectivity index (χ0v) is 20.9. The molecule has 1 amide bonds. The SMILES string of the molecule is CC(=O)CCCNC(=O)C1(c2ccc(-c3ccc(CCN4CCC[C@H]4C)cc3)cc2)CCCC1. The van der Waals surface area contributed by atoms with Gasteiger partial charge in [-0.25, -0.2) is 0 Å². The Hall–Kier alpha value is -2.46. The first-order valence-corrected chi connectivity index (χ1v) is 13.2. The van der Waals surface area contributed by atoms with Crippen LogP contribution in [0.4, 0.5) is 0 Å². The summed E-state index contributed by atoms with van der Waals surface area (Å²) in [6.45, 7) is 6.90. The molecule has 4 nitrogen and oxygen atoms in total. The first-order valence-electron chi connectivity index (χ1n) is 13.2. The fourth-order valence-electron chi connectivity index (χ4n) is 5.78. The molecule has 1 N–H and O–H groups in total. The molecule has 182 valence electrons. The van der Waals surface area contributed by atoms with Crippen molar-refractivity contribution in [3.63, 3.8) is 0 Å². The van der Waals surface area contributed by atoms with Crippen molar-refractivity contribution in [2.24, 2.45) is 0 Å². The third-order valence-electron chi connectivity index (χ3n) is 7.99. The Morgan fingerprint density at radius 1 is 0.971 bits per heavy atom. The molecule has 1 atom stereocenters. The maximum absolute atomic E-state index is 13.2. The molecule has 2 fully saturated rings. The predicted molar refractivity (Wildman–Crippen MR) is 139 cm³/mol. The second-order valence-electron chi connectivity index (χ2n) is 10.4. The van der Waals surface area contributed by atoms with E-state index in [9.17, 15) is 9.59 Å². The fourth-order valence-corrected chi connectivity index (χ4v) is 5.78. The monoisotopic (exact) mass is 460 g/mol. The van der Waals surface area contributed by atoms with Crippen LogP contribution in [0.5, 0.6) is 0 Å². The number of hydrogen-bond donors (Lipinski definition) is 1.